The predicted octanol–water partition coefficient (Wildman–Crippen LogP) is 3.09. The van der Waals surface area contributed by atoms with Gasteiger partial charge in [-0.1, -0.05) is 67.6 Å². The Bertz CT molecular complexity index is 896. The smallest absolute Gasteiger partial charge is 0.227 e. The van der Waals surface area contributed by atoms with Crippen LogP contribution in [0.4, 0.5) is 0 Å². The third-order valence-corrected chi connectivity index (χ3v) is 6.17. The molecule has 0 radical (unpaired) electrons. The largest absolute Gasteiger partial charge is 0.380 e. The molecule has 4 rings (SSSR count). The number of hydrogen-bond donors (Lipinski definition) is 1. The molecule has 6 nitrogen and oxygen atoms in total. The number of carbonyl (C=O) groups is 1. The molecular formula is C24H28N4O2. The summed E-state index contributed by atoms with van der Waals surface area (Å²) in [5.74, 6) is 0.00858. The number of amides is 1. The molecule has 1 unspecified atom stereocenters. The average molecular weight is 405 g/mol. The molecular weight excluding hydrogens is 376 g/mol. The maximum Gasteiger partial charge on any atom is 0.227 e. The summed E-state index contributed by atoms with van der Waals surface area (Å²) in [5.41, 5.74) is 0.741. The molecule has 1 aliphatic rings. The van der Waals surface area contributed by atoms with Gasteiger partial charge < -0.3 is 10.0 Å². The molecule has 30 heavy (non-hydrogen) atoms. The van der Waals surface area contributed by atoms with E-state index in [2.05, 4.69) is 10.1 Å². The van der Waals surface area contributed by atoms with Gasteiger partial charge in [0, 0.05) is 13.1 Å². The summed E-state index contributed by atoms with van der Waals surface area (Å²) >= 11 is 0. The Morgan fingerprint density at radius 3 is 2.13 bits per heavy atom. The molecule has 1 N–H and O–H groups in total. The second kappa shape index (κ2) is 8.79. The zero-order chi connectivity index (χ0) is 21.0. The van der Waals surface area contributed by atoms with E-state index in [0.717, 1.165) is 24.0 Å². The minimum Gasteiger partial charge on any atom is -0.380 e. The van der Waals surface area contributed by atoms with E-state index in [9.17, 15) is 9.90 Å². The fourth-order valence-corrected chi connectivity index (χ4v) is 4.54. The fraction of sp³-hybridized carbons (Fsp3) is 0.375. The number of nitrogens with zero attached hydrogens (tertiary/aromatic N) is 4. The molecule has 2 heterocycles. The zero-order valence-electron chi connectivity index (χ0n) is 17.3. The summed E-state index contributed by atoms with van der Waals surface area (Å²) in [6.45, 7) is 3.75. The van der Waals surface area contributed by atoms with E-state index in [1.54, 1.807) is 11.0 Å². The van der Waals surface area contributed by atoms with Gasteiger partial charge in [-0.3, -0.25) is 9.48 Å². The van der Waals surface area contributed by atoms with Crippen molar-refractivity contribution >= 4 is 5.91 Å². The van der Waals surface area contributed by atoms with Crippen LogP contribution in [0.15, 0.2) is 73.3 Å². The third-order valence-electron chi connectivity index (χ3n) is 6.17. The van der Waals surface area contributed by atoms with E-state index in [1.807, 2.05) is 72.5 Å². The molecule has 3 aromatic rings. The number of benzene rings is 2. The average Bonchev–Trinajstić information content (AvgIpc) is 3.32. The number of carbonyl (C=O) groups excluding carboxylic acids is 1. The second-order valence-electron chi connectivity index (χ2n) is 8.12. The van der Waals surface area contributed by atoms with E-state index in [4.69, 9.17) is 0 Å². The van der Waals surface area contributed by atoms with Gasteiger partial charge in [0.25, 0.3) is 0 Å². The van der Waals surface area contributed by atoms with Gasteiger partial charge in [0.1, 0.15) is 18.3 Å². The van der Waals surface area contributed by atoms with Crippen molar-refractivity contribution in [2.45, 2.75) is 31.9 Å². The lowest BCUT2D eigenvalue weighted by Crippen LogP contribution is -2.47. The van der Waals surface area contributed by atoms with Crippen molar-refractivity contribution in [1.29, 1.82) is 0 Å². The third kappa shape index (κ3) is 4.00. The summed E-state index contributed by atoms with van der Waals surface area (Å²) < 4.78 is 1.69. The zero-order valence-corrected chi connectivity index (χ0v) is 17.3. The Labute approximate surface area is 177 Å². The van der Waals surface area contributed by atoms with E-state index in [-0.39, 0.29) is 17.7 Å². The summed E-state index contributed by atoms with van der Waals surface area (Å²) in [6, 6.07) is 19.8. The van der Waals surface area contributed by atoms with Gasteiger partial charge in [0.05, 0.1) is 12.5 Å². The standard InChI is InChI=1S/C24H28N4O2/c1-19(16-28-18-25-17-26-28)23(29)27-14-12-22(13-15-27)24(30,20-8-4-2-5-9-20)21-10-6-3-7-11-21/h2-11,17-19,22,30H,12-16H2,1H3. The van der Waals surface area contributed by atoms with Gasteiger partial charge in [-0.25, -0.2) is 4.98 Å². The lowest BCUT2D eigenvalue weighted by molar-refractivity contribution is -0.138. The van der Waals surface area contributed by atoms with E-state index in [0.29, 0.717) is 19.6 Å². The molecule has 1 fully saturated rings. The van der Waals surface area contributed by atoms with Gasteiger partial charge in [0.15, 0.2) is 0 Å². The topological polar surface area (TPSA) is 71.2 Å². The van der Waals surface area contributed by atoms with Gasteiger partial charge in [0.2, 0.25) is 5.91 Å². The van der Waals surface area contributed by atoms with Crippen molar-refractivity contribution in [3.05, 3.63) is 84.4 Å². The molecule has 6 heteroatoms. The summed E-state index contributed by atoms with van der Waals surface area (Å²) in [5, 5.41) is 16.1. The van der Waals surface area contributed by atoms with Crippen LogP contribution in [0, 0.1) is 11.8 Å². The first-order valence-electron chi connectivity index (χ1n) is 10.5. The van der Waals surface area contributed by atoms with Crippen molar-refractivity contribution < 1.29 is 9.90 Å². The summed E-state index contributed by atoms with van der Waals surface area (Å²) in [4.78, 5) is 18.8. The van der Waals surface area contributed by atoms with Gasteiger partial charge in [-0.2, -0.15) is 5.10 Å². The van der Waals surface area contributed by atoms with E-state index in [1.165, 1.54) is 6.33 Å². The minimum absolute atomic E-state index is 0.0389. The normalized spacial score (nSPS) is 16.4. The molecule has 0 aliphatic carbocycles. The van der Waals surface area contributed by atoms with Crippen LogP contribution in [0.1, 0.15) is 30.9 Å². The van der Waals surface area contributed by atoms with Crippen molar-refractivity contribution in [1.82, 2.24) is 19.7 Å². The van der Waals surface area contributed by atoms with Crippen LogP contribution in [0.3, 0.4) is 0 Å². The van der Waals surface area contributed by atoms with Crippen molar-refractivity contribution in [2.75, 3.05) is 13.1 Å². The highest BCUT2D eigenvalue weighted by Gasteiger charge is 2.42. The molecule has 0 saturated carbocycles. The highest BCUT2D eigenvalue weighted by Crippen LogP contribution is 2.42. The summed E-state index contributed by atoms with van der Waals surface area (Å²) in [6.07, 6.45) is 4.62. The Morgan fingerprint density at radius 2 is 1.63 bits per heavy atom. The molecule has 0 bridgehead atoms. The molecule has 1 saturated heterocycles. The predicted molar refractivity (Wildman–Crippen MR) is 114 cm³/mol. The first kappa shape index (κ1) is 20.3. The molecule has 2 aromatic carbocycles. The Morgan fingerprint density at radius 1 is 1.07 bits per heavy atom. The van der Waals surface area contributed by atoms with Crippen LogP contribution in [0.5, 0.6) is 0 Å². The van der Waals surface area contributed by atoms with Gasteiger partial charge in [-0.15, -0.1) is 0 Å². The number of piperidine rings is 1. The number of rotatable bonds is 6. The fourth-order valence-electron chi connectivity index (χ4n) is 4.54. The van der Waals surface area contributed by atoms with Crippen LogP contribution in [-0.2, 0) is 16.9 Å². The van der Waals surface area contributed by atoms with Gasteiger partial charge >= 0.3 is 0 Å². The minimum atomic E-state index is -1.07. The van der Waals surface area contributed by atoms with Crippen molar-refractivity contribution in [3.63, 3.8) is 0 Å². The SMILES string of the molecule is CC(Cn1cncn1)C(=O)N1CCC(C(O)(c2ccccc2)c2ccccc2)CC1. The maximum absolute atomic E-state index is 12.9. The molecule has 1 aromatic heterocycles. The molecule has 156 valence electrons. The Balaban J connectivity index is 1.49. The highest BCUT2D eigenvalue weighted by atomic mass is 16.3. The van der Waals surface area contributed by atoms with E-state index >= 15 is 0 Å². The quantitative estimate of drug-likeness (QED) is 0.685. The first-order chi connectivity index (χ1) is 14.6. The number of aromatic nitrogens is 3. The molecule has 0 spiro atoms. The molecule has 1 aliphatic heterocycles. The maximum atomic E-state index is 12.9. The Hall–Kier alpha value is -2.99. The Kier molecular flexibility index (Phi) is 5.95. The second-order valence-corrected chi connectivity index (χ2v) is 8.12. The monoisotopic (exact) mass is 404 g/mol. The lowest BCUT2D eigenvalue weighted by Gasteiger charge is -2.42. The number of hydrogen-bond acceptors (Lipinski definition) is 4. The first-order valence-corrected chi connectivity index (χ1v) is 10.5. The van der Waals surface area contributed by atoms with Crippen LogP contribution in [0.2, 0.25) is 0 Å². The van der Waals surface area contributed by atoms with Crippen molar-refractivity contribution in [3.8, 4) is 0 Å². The highest BCUT2D eigenvalue weighted by molar-refractivity contribution is 5.78. The van der Waals surface area contributed by atoms with Crippen LogP contribution < -0.4 is 0 Å². The van der Waals surface area contributed by atoms with Crippen LogP contribution >= 0.6 is 0 Å². The number of aliphatic hydroxyl groups is 1. The van der Waals surface area contributed by atoms with E-state index < -0.39 is 5.60 Å². The van der Waals surface area contributed by atoms with Crippen LogP contribution in [-0.4, -0.2) is 43.8 Å². The lowest BCUT2D eigenvalue weighted by atomic mass is 9.72. The molecule has 1 amide bonds. The summed E-state index contributed by atoms with van der Waals surface area (Å²) in [7, 11) is 0. The van der Waals surface area contributed by atoms with Crippen molar-refractivity contribution in [2.24, 2.45) is 11.8 Å². The number of likely N-dealkylation sites (tertiary alicyclic amines) is 1. The van der Waals surface area contributed by atoms with Gasteiger partial charge in [-0.05, 0) is 29.9 Å². The van der Waals surface area contributed by atoms with Crippen LogP contribution in [0.25, 0.3) is 0 Å². The molecule has 1 atom stereocenters.